The normalized spacial score (nSPS) is 13.3. The lowest BCUT2D eigenvalue weighted by atomic mass is 9.96. The van der Waals surface area contributed by atoms with Crippen molar-refractivity contribution in [1.82, 2.24) is 15.0 Å². The molecule has 0 fully saturated rings. The summed E-state index contributed by atoms with van der Waals surface area (Å²) >= 11 is 6.02. The topological polar surface area (TPSA) is 70.9 Å². The molecule has 2 heterocycles. The van der Waals surface area contributed by atoms with Gasteiger partial charge in [0, 0.05) is 41.3 Å². The summed E-state index contributed by atoms with van der Waals surface area (Å²) in [5, 5.41) is 14.5. The number of hydrogen-bond acceptors (Lipinski definition) is 5. The summed E-state index contributed by atoms with van der Waals surface area (Å²) in [5.41, 5.74) is 1.33. The first-order valence-corrected chi connectivity index (χ1v) is 8.30. The number of benzene rings is 1. The molecule has 0 radical (unpaired) electrons. The Labute approximate surface area is 151 Å². The van der Waals surface area contributed by atoms with Crippen molar-refractivity contribution in [1.29, 1.82) is 0 Å². The van der Waals surface area contributed by atoms with Gasteiger partial charge in [0.2, 0.25) is 0 Å². The van der Waals surface area contributed by atoms with E-state index in [2.05, 4.69) is 20.3 Å². The lowest BCUT2D eigenvalue weighted by Crippen LogP contribution is -2.31. The molecule has 0 bridgehead atoms. The molecule has 128 valence electrons. The van der Waals surface area contributed by atoms with Gasteiger partial charge in [-0.2, -0.15) is 0 Å². The number of anilines is 1. The molecule has 1 aromatic carbocycles. The first-order chi connectivity index (χ1) is 11.9. The Bertz CT molecular complexity index is 868. The Morgan fingerprint density at radius 2 is 2.00 bits per heavy atom. The molecule has 5 nitrogen and oxygen atoms in total. The van der Waals surface area contributed by atoms with Crippen LogP contribution in [-0.2, 0) is 5.60 Å². The van der Waals surface area contributed by atoms with Gasteiger partial charge in [0.25, 0.3) is 0 Å². The number of nitrogens with zero attached hydrogens (tertiary/aromatic N) is 3. The summed E-state index contributed by atoms with van der Waals surface area (Å²) in [7, 11) is 0. The summed E-state index contributed by atoms with van der Waals surface area (Å²) in [6.07, 6.45) is 3.43. The highest BCUT2D eigenvalue weighted by molar-refractivity contribution is 6.30. The molecule has 0 aliphatic heterocycles. The molecule has 0 spiro atoms. The lowest BCUT2D eigenvalue weighted by molar-refractivity contribution is 0.0714. The van der Waals surface area contributed by atoms with Gasteiger partial charge in [-0.1, -0.05) is 23.7 Å². The third-order valence-electron chi connectivity index (χ3n) is 3.83. The first kappa shape index (κ1) is 17.3. The molecule has 0 amide bonds. The Kier molecular flexibility index (Phi) is 4.97. The van der Waals surface area contributed by atoms with Crippen LogP contribution in [0.4, 0.5) is 5.82 Å². The smallest absolute Gasteiger partial charge is 0.163 e. The van der Waals surface area contributed by atoms with Crippen molar-refractivity contribution >= 4 is 17.4 Å². The maximum atomic E-state index is 10.8. The molecular formula is C19H19ClN4O. The van der Waals surface area contributed by atoms with E-state index in [1.807, 2.05) is 37.3 Å². The molecule has 2 N–H and O–H groups in total. The number of aromatic nitrogens is 3. The highest BCUT2D eigenvalue weighted by atomic mass is 35.5. The van der Waals surface area contributed by atoms with E-state index in [1.54, 1.807) is 31.5 Å². The molecular weight excluding hydrogens is 336 g/mol. The Morgan fingerprint density at radius 1 is 1.16 bits per heavy atom. The maximum absolute atomic E-state index is 10.8. The summed E-state index contributed by atoms with van der Waals surface area (Å²) in [4.78, 5) is 13.1. The molecule has 1 unspecified atom stereocenters. The number of pyridine rings is 1. The summed E-state index contributed by atoms with van der Waals surface area (Å²) < 4.78 is 0. The Balaban J connectivity index is 1.80. The molecule has 3 rings (SSSR count). The van der Waals surface area contributed by atoms with E-state index in [0.29, 0.717) is 16.7 Å². The van der Waals surface area contributed by atoms with Crippen LogP contribution in [0.5, 0.6) is 0 Å². The van der Waals surface area contributed by atoms with E-state index in [9.17, 15) is 5.11 Å². The number of nitrogens with one attached hydrogen (secondary N) is 1. The third kappa shape index (κ3) is 4.32. The van der Waals surface area contributed by atoms with Crippen LogP contribution in [0.1, 0.15) is 18.2 Å². The molecule has 25 heavy (non-hydrogen) atoms. The van der Waals surface area contributed by atoms with Gasteiger partial charge >= 0.3 is 0 Å². The fraction of sp³-hybridized carbons (Fsp3) is 0.211. The van der Waals surface area contributed by atoms with Crippen LogP contribution in [0, 0.1) is 6.92 Å². The van der Waals surface area contributed by atoms with Crippen LogP contribution in [-0.4, -0.2) is 26.6 Å². The zero-order chi connectivity index (χ0) is 17.9. The molecule has 0 aliphatic carbocycles. The van der Waals surface area contributed by atoms with Gasteiger partial charge in [0.15, 0.2) is 5.82 Å². The highest BCUT2D eigenvalue weighted by Crippen LogP contribution is 2.24. The second kappa shape index (κ2) is 7.17. The van der Waals surface area contributed by atoms with Crippen molar-refractivity contribution < 1.29 is 5.11 Å². The molecule has 3 aromatic rings. The van der Waals surface area contributed by atoms with Crippen LogP contribution in [0.25, 0.3) is 11.4 Å². The molecule has 1 atom stereocenters. The SMILES string of the molecule is Cc1cc(NCC(C)(O)c2cccc(Cl)c2)nc(-c2cccnc2)n1. The predicted octanol–water partition coefficient (Wildman–Crippen LogP) is 3.82. The predicted molar refractivity (Wildman–Crippen MR) is 99.5 cm³/mol. The second-order valence-electron chi connectivity index (χ2n) is 6.10. The maximum Gasteiger partial charge on any atom is 0.163 e. The van der Waals surface area contributed by atoms with E-state index in [4.69, 9.17) is 11.6 Å². The summed E-state index contributed by atoms with van der Waals surface area (Å²) in [5.74, 6) is 1.24. The number of halogens is 1. The van der Waals surface area contributed by atoms with Crippen LogP contribution in [0.15, 0.2) is 54.9 Å². The average molecular weight is 355 g/mol. The minimum atomic E-state index is -1.09. The number of aliphatic hydroxyl groups is 1. The largest absolute Gasteiger partial charge is 0.384 e. The monoisotopic (exact) mass is 354 g/mol. The molecule has 0 saturated carbocycles. The number of rotatable bonds is 5. The lowest BCUT2D eigenvalue weighted by Gasteiger charge is -2.25. The minimum absolute atomic E-state index is 0.288. The minimum Gasteiger partial charge on any atom is -0.384 e. The van der Waals surface area contributed by atoms with E-state index >= 15 is 0 Å². The summed E-state index contributed by atoms with van der Waals surface area (Å²) in [6.45, 7) is 3.93. The third-order valence-corrected chi connectivity index (χ3v) is 4.07. The highest BCUT2D eigenvalue weighted by Gasteiger charge is 2.23. The average Bonchev–Trinajstić information content (AvgIpc) is 2.60. The van der Waals surface area contributed by atoms with Gasteiger partial charge in [-0.05, 0) is 43.7 Å². The van der Waals surface area contributed by atoms with Gasteiger partial charge in [0.05, 0.1) is 0 Å². The van der Waals surface area contributed by atoms with Gasteiger partial charge in [-0.25, -0.2) is 9.97 Å². The van der Waals surface area contributed by atoms with E-state index in [1.165, 1.54) is 0 Å². The molecule has 2 aromatic heterocycles. The van der Waals surface area contributed by atoms with Crippen molar-refractivity contribution in [3.63, 3.8) is 0 Å². The Hall–Kier alpha value is -2.50. The van der Waals surface area contributed by atoms with Crippen LogP contribution < -0.4 is 5.32 Å². The van der Waals surface area contributed by atoms with Crippen molar-refractivity contribution in [3.8, 4) is 11.4 Å². The standard InChI is InChI=1S/C19H19ClN4O/c1-13-9-17(24-18(23-13)14-5-4-8-21-11-14)22-12-19(2,25)15-6-3-7-16(20)10-15/h3-11,25H,12H2,1-2H3,(H,22,23,24). The van der Waals surface area contributed by atoms with Gasteiger partial charge < -0.3 is 10.4 Å². The van der Waals surface area contributed by atoms with Crippen LogP contribution >= 0.6 is 11.6 Å². The fourth-order valence-electron chi connectivity index (χ4n) is 2.47. The Morgan fingerprint density at radius 3 is 2.72 bits per heavy atom. The zero-order valence-corrected chi connectivity index (χ0v) is 14.8. The van der Waals surface area contributed by atoms with Crippen LogP contribution in [0.3, 0.4) is 0 Å². The van der Waals surface area contributed by atoms with Gasteiger partial charge in [-0.3, -0.25) is 4.98 Å². The molecule has 0 saturated heterocycles. The molecule has 0 aliphatic rings. The van der Waals surface area contributed by atoms with Crippen molar-refractivity contribution in [2.75, 3.05) is 11.9 Å². The fourth-order valence-corrected chi connectivity index (χ4v) is 2.66. The number of aryl methyl sites for hydroxylation is 1. The van der Waals surface area contributed by atoms with Gasteiger partial charge in [0.1, 0.15) is 11.4 Å². The van der Waals surface area contributed by atoms with Crippen molar-refractivity contribution in [3.05, 3.63) is 71.1 Å². The molecule has 6 heteroatoms. The van der Waals surface area contributed by atoms with E-state index in [-0.39, 0.29) is 6.54 Å². The number of hydrogen-bond donors (Lipinski definition) is 2. The van der Waals surface area contributed by atoms with Crippen molar-refractivity contribution in [2.24, 2.45) is 0 Å². The zero-order valence-electron chi connectivity index (χ0n) is 14.1. The second-order valence-corrected chi connectivity index (χ2v) is 6.53. The van der Waals surface area contributed by atoms with Crippen LogP contribution in [0.2, 0.25) is 5.02 Å². The van der Waals surface area contributed by atoms with E-state index < -0.39 is 5.60 Å². The first-order valence-electron chi connectivity index (χ1n) is 7.92. The van der Waals surface area contributed by atoms with Crippen molar-refractivity contribution in [2.45, 2.75) is 19.4 Å². The van der Waals surface area contributed by atoms with E-state index in [0.717, 1.165) is 16.8 Å². The van der Waals surface area contributed by atoms with Gasteiger partial charge in [-0.15, -0.1) is 0 Å². The quantitative estimate of drug-likeness (QED) is 0.728. The summed E-state index contributed by atoms with van der Waals surface area (Å²) in [6, 6.07) is 12.8.